The zero-order valence-electron chi connectivity index (χ0n) is 19.3. The van der Waals surface area contributed by atoms with E-state index in [0.29, 0.717) is 41.0 Å². The van der Waals surface area contributed by atoms with Crippen LogP contribution >= 0.6 is 23.2 Å². The lowest BCUT2D eigenvalue weighted by Crippen LogP contribution is -2.09. The summed E-state index contributed by atoms with van der Waals surface area (Å²) >= 11 is 12.4. The number of carbonyl (C=O) groups excluding carboxylic acids is 1. The molecule has 0 aliphatic rings. The lowest BCUT2D eigenvalue weighted by atomic mass is 10.1. The maximum absolute atomic E-state index is 11.7. The molecule has 0 fully saturated rings. The van der Waals surface area contributed by atoms with Gasteiger partial charge in [-0.2, -0.15) is 4.98 Å². The molecule has 0 aliphatic carbocycles. The lowest BCUT2D eigenvalue weighted by Gasteiger charge is -2.08. The van der Waals surface area contributed by atoms with Gasteiger partial charge in [-0.05, 0) is 60.2 Å². The Morgan fingerprint density at radius 1 is 1.00 bits per heavy atom. The van der Waals surface area contributed by atoms with Gasteiger partial charge < -0.3 is 14.8 Å². The molecule has 4 rings (SSSR count). The molecule has 0 saturated carbocycles. The number of nitrogens with one attached hydrogen (secondary N) is 1. The number of aromatic nitrogens is 3. The first-order valence-electron chi connectivity index (χ1n) is 11.1. The minimum Gasteiger partial charge on any atom is -0.497 e. The second-order valence-corrected chi connectivity index (χ2v) is 8.47. The van der Waals surface area contributed by atoms with E-state index < -0.39 is 0 Å². The Balaban J connectivity index is 1.58. The SMILES string of the molecule is CCC(=O)Nc1ccc(-n2nc(OCCc3ccc(OC)cc3)nc2-c2ccc(Cl)c(Cl)c2)cc1. The van der Waals surface area contributed by atoms with Crippen molar-refractivity contribution >= 4 is 34.8 Å². The van der Waals surface area contributed by atoms with E-state index in [1.165, 1.54) is 0 Å². The molecular formula is C26H24Cl2N4O3. The molecule has 0 unspecified atom stereocenters. The van der Waals surface area contributed by atoms with Crippen LogP contribution < -0.4 is 14.8 Å². The number of amides is 1. The quantitative estimate of drug-likeness (QED) is 0.289. The van der Waals surface area contributed by atoms with Crippen molar-refractivity contribution in [2.24, 2.45) is 0 Å². The van der Waals surface area contributed by atoms with Gasteiger partial charge in [0.05, 0.1) is 29.4 Å². The Kier molecular flexibility index (Phi) is 7.90. The van der Waals surface area contributed by atoms with Gasteiger partial charge in [0.1, 0.15) is 5.75 Å². The van der Waals surface area contributed by atoms with Gasteiger partial charge in [-0.1, -0.05) is 42.3 Å². The molecule has 0 bridgehead atoms. The molecule has 0 aliphatic heterocycles. The highest BCUT2D eigenvalue weighted by Crippen LogP contribution is 2.30. The highest BCUT2D eigenvalue weighted by atomic mass is 35.5. The fourth-order valence-electron chi connectivity index (χ4n) is 3.34. The summed E-state index contributed by atoms with van der Waals surface area (Å²) in [5.41, 5.74) is 3.30. The summed E-state index contributed by atoms with van der Waals surface area (Å²) in [6.45, 7) is 2.21. The summed E-state index contributed by atoms with van der Waals surface area (Å²) in [5, 5.41) is 8.28. The van der Waals surface area contributed by atoms with E-state index in [1.54, 1.807) is 30.8 Å². The van der Waals surface area contributed by atoms with Crippen molar-refractivity contribution in [2.45, 2.75) is 19.8 Å². The zero-order chi connectivity index (χ0) is 24.8. The topological polar surface area (TPSA) is 78.3 Å². The first kappa shape index (κ1) is 24.6. The zero-order valence-corrected chi connectivity index (χ0v) is 20.8. The molecule has 1 aromatic heterocycles. The fraction of sp³-hybridized carbons (Fsp3) is 0.192. The number of hydrogen-bond donors (Lipinski definition) is 1. The van der Waals surface area contributed by atoms with Gasteiger partial charge >= 0.3 is 6.01 Å². The molecular weight excluding hydrogens is 487 g/mol. The van der Waals surface area contributed by atoms with Gasteiger partial charge in [-0.3, -0.25) is 4.79 Å². The molecule has 0 atom stereocenters. The summed E-state index contributed by atoms with van der Waals surface area (Å²) < 4.78 is 12.8. The van der Waals surface area contributed by atoms with Gasteiger partial charge in [0.15, 0.2) is 5.82 Å². The van der Waals surface area contributed by atoms with Crippen molar-refractivity contribution < 1.29 is 14.3 Å². The molecule has 3 aromatic carbocycles. The van der Waals surface area contributed by atoms with E-state index in [4.69, 9.17) is 32.7 Å². The summed E-state index contributed by atoms with van der Waals surface area (Å²) in [5.74, 6) is 1.30. The molecule has 1 amide bonds. The number of anilines is 1. The fourth-order valence-corrected chi connectivity index (χ4v) is 3.64. The Hall–Kier alpha value is -3.55. The van der Waals surface area contributed by atoms with Gasteiger partial charge in [0.2, 0.25) is 5.91 Å². The first-order valence-corrected chi connectivity index (χ1v) is 11.8. The van der Waals surface area contributed by atoms with Crippen LogP contribution in [-0.2, 0) is 11.2 Å². The predicted molar refractivity (Wildman–Crippen MR) is 138 cm³/mol. The largest absolute Gasteiger partial charge is 0.497 e. The third kappa shape index (κ3) is 6.12. The maximum atomic E-state index is 11.7. The summed E-state index contributed by atoms with van der Waals surface area (Å²) in [6.07, 6.45) is 1.09. The van der Waals surface area contributed by atoms with Crippen LogP contribution in [0.4, 0.5) is 5.69 Å². The van der Waals surface area contributed by atoms with Gasteiger partial charge in [-0.15, -0.1) is 5.10 Å². The molecule has 9 heteroatoms. The Bertz CT molecular complexity index is 1310. The van der Waals surface area contributed by atoms with Crippen molar-refractivity contribution in [3.05, 3.63) is 82.3 Å². The number of rotatable bonds is 9. The average molecular weight is 511 g/mol. The molecule has 0 saturated heterocycles. The molecule has 0 radical (unpaired) electrons. The van der Waals surface area contributed by atoms with Crippen LogP contribution in [0.15, 0.2) is 66.7 Å². The summed E-state index contributed by atoms with van der Waals surface area (Å²) in [6, 6.07) is 20.7. The molecule has 1 heterocycles. The number of ether oxygens (including phenoxy) is 2. The highest BCUT2D eigenvalue weighted by molar-refractivity contribution is 6.42. The number of nitrogens with zero attached hydrogens (tertiary/aromatic N) is 3. The van der Waals surface area contributed by atoms with Crippen molar-refractivity contribution in [1.82, 2.24) is 14.8 Å². The van der Waals surface area contributed by atoms with Crippen molar-refractivity contribution in [3.8, 4) is 28.8 Å². The van der Waals surface area contributed by atoms with E-state index in [-0.39, 0.29) is 11.9 Å². The monoisotopic (exact) mass is 510 g/mol. The number of benzene rings is 3. The van der Waals surface area contributed by atoms with Crippen LogP contribution in [0.25, 0.3) is 17.1 Å². The standard InChI is InChI=1S/C26H24Cl2N4O3/c1-3-24(33)29-19-7-9-20(10-8-19)32-25(18-6-13-22(27)23(28)16-18)30-26(31-32)35-15-14-17-4-11-21(34-2)12-5-17/h4-13,16H,3,14-15H2,1-2H3,(H,29,33). The van der Waals surface area contributed by atoms with Crippen LogP contribution in [0.3, 0.4) is 0 Å². The van der Waals surface area contributed by atoms with Gasteiger partial charge in [0.25, 0.3) is 0 Å². The van der Waals surface area contributed by atoms with Crippen molar-refractivity contribution in [3.63, 3.8) is 0 Å². The van der Waals surface area contributed by atoms with E-state index >= 15 is 0 Å². The van der Waals surface area contributed by atoms with Gasteiger partial charge in [0, 0.05) is 24.1 Å². The Labute approximate surface area is 213 Å². The minimum absolute atomic E-state index is 0.0532. The molecule has 4 aromatic rings. The molecule has 0 spiro atoms. The average Bonchev–Trinajstić information content (AvgIpc) is 3.30. The maximum Gasteiger partial charge on any atom is 0.336 e. The molecule has 35 heavy (non-hydrogen) atoms. The second-order valence-electron chi connectivity index (χ2n) is 7.65. The lowest BCUT2D eigenvalue weighted by molar-refractivity contribution is -0.115. The van der Waals surface area contributed by atoms with Gasteiger partial charge in [-0.25, -0.2) is 4.68 Å². The minimum atomic E-state index is -0.0532. The molecule has 1 N–H and O–H groups in total. The third-order valence-electron chi connectivity index (χ3n) is 5.26. The molecule has 7 nitrogen and oxygen atoms in total. The van der Waals surface area contributed by atoms with Crippen LogP contribution in [0, 0.1) is 0 Å². The molecule has 180 valence electrons. The Morgan fingerprint density at radius 2 is 1.74 bits per heavy atom. The smallest absolute Gasteiger partial charge is 0.336 e. The Morgan fingerprint density at radius 3 is 2.40 bits per heavy atom. The summed E-state index contributed by atoms with van der Waals surface area (Å²) in [4.78, 5) is 16.3. The van der Waals surface area contributed by atoms with E-state index in [2.05, 4.69) is 15.4 Å². The number of halogens is 2. The number of hydrogen-bond acceptors (Lipinski definition) is 5. The highest BCUT2D eigenvalue weighted by Gasteiger charge is 2.16. The van der Waals surface area contributed by atoms with Crippen LogP contribution in [0.2, 0.25) is 10.0 Å². The van der Waals surface area contributed by atoms with E-state index in [9.17, 15) is 4.79 Å². The first-order chi connectivity index (χ1) is 17.0. The van der Waals surface area contributed by atoms with E-state index in [0.717, 1.165) is 22.6 Å². The third-order valence-corrected chi connectivity index (χ3v) is 6.00. The van der Waals surface area contributed by atoms with Crippen LogP contribution in [0.1, 0.15) is 18.9 Å². The van der Waals surface area contributed by atoms with Crippen molar-refractivity contribution in [2.75, 3.05) is 19.0 Å². The normalized spacial score (nSPS) is 10.7. The van der Waals surface area contributed by atoms with Crippen LogP contribution in [-0.4, -0.2) is 34.4 Å². The number of carbonyl (C=O) groups is 1. The van der Waals surface area contributed by atoms with Crippen LogP contribution in [0.5, 0.6) is 11.8 Å². The summed E-state index contributed by atoms with van der Waals surface area (Å²) in [7, 11) is 1.64. The predicted octanol–water partition coefficient (Wildman–Crippen LogP) is 6.22. The second kappa shape index (κ2) is 11.3. The number of methoxy groups -OCH3 is 1. The van der Waals surface area contributed by atoms with E-state index in [1.807, 2.05) is 54.6 Å². The van der Waals surface area contributed by atoms with Crippen molar-refractivity contribution in [1.29, 1.82) is 0 Å².